The molecular weight excluding hydrogens is 352 g/mol. The van der Waals surface area contributed by atoms with Crippen molar-refractivity contribution < 1.29 is 4.79 Å². The largest absolute Gasteiger partial charge is 0.368 e. The normalized spacial score (nSPS) is 15.1. The van der Waals surface area contributed by atoms with Crippen LogP contribution in [0.1, 0.15) is 22.8 Å². The average molecular weight is 378 g/mol. The number of carbonyl (C=O) groups is 1. The molecule has 146 valence electrons. The Hall–Kier alpha value is -2.90. The molecule has 0 saturated carbocycles. The fourth-order valence-electron chi connectivity index (χ4n) is 3.83. The van der Waals surface area contributed by atoms with Crippen LogP contribution < -0.4 is 16.2 Å². The maximum atomic E-state index is 11.6. The summed E-state index contributed by atoms with van der Waals surface area (Å²) in [5.74, 6) is 4.90. The minimum absolute atomic E-state index is 0.285. The molecule has 0 unspecified atom stereocenters. The van der Waals surface area contributed by atoms with Gasteiger partial charge in [0.2, 0.25) is 0 Å². The summed E-state index contributed by atoms with van der Waals surface area (Å²) in [5.41, 5.74) is 6.05. The van der Waals surface area contributed by atoms with Crippen molar-refractivity contribution in [1.82, 2.24) is 19.9 Å². The summed E-state index contributed by atoms with van der Waals surface area (Å²) >= 11 is 0. The maximum Gasteiger partial charge on any atom is 0.265 e. The van der Waals surface area contributed by atoms with Crippen LogP contribution in [0, 0.1) is 0 Å². The van der Waals surface area contributed by atoms with E-state index in [0.29, 0.717) is 12.1 Å². The quantitative estimate of drug-likeness (QED) is 0.402. The van der Waals surface area contributed by atoms with Crippen molar-refractivity contribution in [3.05, 3.63) is 59.9 Å². The molecule has 1 aliphatic heterocycles. The number of piperazine rings is 1. The Morgan fingerprint density at radius 2 is 1.86 bits per heavy atom. The molecular formula is C21H26N6O. The van der Waals surface area contributed by atoms with Gasteiger partial charge in [-0.15, -0.1) is 0 Å². The van der Waals surface area contributed by atoms with Gasteiger partial charge in [0.1, 0.15) is 5.65 Å². The summed E-state index contributed by atoms with van der Waals surface area (Å²) < 4.78 is 2.15. The highest BCUT2D eigenvalue weighted by Gasteiger charge is 2.18. The van der Waals surface area contributed by atoms with Gasteiger partial charge in [-0.25, -0.2) is 10.8 Å². The van der Waals surface area contributed by atoms with Crippen LogP contribution in [-0.2, 0) is 6.54 Å². The summed E-state index contributed by atoms with van der Waals surface area (Å²) in [6.45, 7) is 8.32. The number of benzene rings is 1. The second kappa shape index (κ2) is 8.00. The second-order valence-electron chi connectivity index (χ2n) is 7.10. The molecule has 7 nitrogen and oxygen atoms in total. The Morgan fingerprint density at radius 1 is 1.11 bits per heavy atom. The molecule has 1 fully saturated rings. The van der Waals surface area contributed by atoms with Crippen molar-refractivity contribution in [2.45, 2.75) is 13.5 Å². The monoisotopic (exact) mass is 378 g/mol. The predicted octanol–water partition coefficient (Wildman–Crippen LogP) is 1.83. The molecule has 0 atom stereocenters. The molecule has 3 N–H and O–H groups in total. The minimum Gasteiger partial charge on any atom is -0.368 e. The second-order valence-corrected chi connectivity index (χ2v) is 7.10. The Bertz CT molecular complexity index is 957. The van der Waals surface area contributed by atoms with Gasteiger partial charge in [-0.2, -0.15) is 0 Å². The number of amides is 1. The third-order valence-corrected chi connectivity index (χ3v) is 5.50. The lowest BCUT2D eigenvalue weighted by Gasteiger charge is -2.35. The molecule has 1 aliphatic rings. The number of hydrogen-bond acceptors (Lipinski definition) is 5. The first kappa shape index (κ1) is 18.5. The van der Waals surface area contributed by atoms with Crippen molar-refractivity contribution in [3.8, 4) is 0 Å². The fraction of sp³-hybridized carbons (Fsp3) is 0.333. The van der Waals surface area contributed by atoms with E-state index < -0.39 is 0 Å². The zero-order valence-electron chi connectivity index (χ0n) is 16.1. The molecule has 1 saturated heterocycles. The van der Waals surface area contributed by atoms with Gasteiger partial charge >= 0.3 is 0 Å². The molecule has 7 heteroatoms. The average Bonchev–Trinajstić information content (AvgIpc) is 3.16. The number of likely N-dealkylation sites (N-methyl/N-ethyl adjacent to an activating group) is 1. The standard InChI is InChI=1S/C21H26N6O/c1-2-25-11-13-26(14-12-25)19-7-9-23-20-18(19)8-10-27(20)15-16-3-5-17(6-4-16)21(28)24-22/h3-10H,2,11-15,22H2,1H3,(H,24,28). The molecule has 1 aromatic carbocycles. The molecule has 28 heavy (non-hydrogen) atoms. The van der Waals surface area contributed by atoms with Crippen LogP contribution in [-0.4, -0.2) is 53.1 Å². The summed E-state index contributed by atoms with van der Waals surface area (Å²) in [6.07, 6.45) is 3.99. The van der Waals surface area contributed by atoms with Gasteiger partial charge in [0.25, 0.3) is 5.91 Å². The van der Waals surface area contributed by atoms with Crippen LogP contribution in [0.5, 0.6) is 0 Å². The lowest BCUT2D eigenvalue weighted by Crippen LogP contribution is -2.46. The highest BCUT2D eigenvalue weighted by molar-refractivity contribution is 5.93. The van der Waals surface area contributed by atoms with Gasteiger partial charge in [0.15, 0.2) is 0 Å². The Balaban J connectivity index is 1.56. The number of pyridine rings is 1. The van der Waals surface area contributed by atoms with E-state index in [1.807, 2.05) is 18.3 Å². The number of anilines is 1. The Labute approximate surface area is 164 Å². The van der Waals surface area contributed by atoms with Gasteiger partial charge in [-0.3, -0.25) is 10.2 Å². The Morgan fingerprint density at radius 3 is 2.54 bits per heavy atom. The van der Waals surface area contributed by atoms with Gasteiger partial charge < -0.3 is 14.4 Å². The number of rotatable bonds is 5. The number of nitrogens with zero attached hydrogens (tertiary/aromatic N) is 4. The van der Waals surface area contributed by atoms with Crippen molar-refractivity contribution >= 4 is 22.6 Å². The van der Waals surface area contributed by atoms with Crippen LogP contribution in [0.4, 0.5) is 5.69 Å². The van der Waals surface area contributed by atoms with E-state index in [2.05, 4.69) is 50.0 Å². The van der Waals surface area contributed by atoms with Gasteiger partial charge in [-0.1, -0.05) is 19.1 Å². The molecule has 0 aliphatic carbocycles. The number of carbonyl (C=O) groups excluding carboxylic acids is 1. The van der Waals surface area contributed by atoms with Gasteiger partial charge in [0, 0.05) is 61.8 Å². The third kappa shape index (κ3) is 3.58. The fourth-order valence-corrected chi connectivity index (χ4v) is 3.83. The van der Waals surface area contributed by atoms with Crippen molar-refractivity contribution in [3.63, 3.8) is 0 Å². The summed E-state index contributed by atoms with van der Waals surface area (Å²) in [5, 5.41) is 1.19. The van der Waals surface area contributed by atoms with E-state index in [0.717, 1.165) is 43.9 Å². The molecule has 0 spiro atoms. The van der Waals surface area contributed by atoms with Crippen molar-refractivity contribution in [1.29, 1.82) is 0 Å². The smallest absolute Gasteiger partial charge is 0.265 e. The predicted molar refractivity (Wildman–Crippen MR) is 111 cm³/mol. The summed E-state index contributed by atoms with van der Waals surface area (Å²) in [4.78, 5) is 21.2. The van der Waals surface area contributed by atoms with E-state index >= 15 is 0 Å². The van der Waals surface area contributed by atoms with E-state index in [-0.39, 0.29) is 5.91 Å². The lowest BCUT2D eigenvalue weighted by molar-refractivity contribution is 0.0953. The number of nitrogens with two attached hydrogens (primary N) is 1. The molecule has 2 aromatic heterocycles. The third-order valence-electron chi connectivity index (χ3n) is 5.50. The zero-order chi connectivity index (χ0) is 19.5. The first-order valence-electron chi connectivity index (χ1n) is 9.70. The van der Waals surface area contributed by atoms with Crippen LogP contribution in [0.25, 0.3) is 11.0 Å². The first-order valence-corrected chi connectivity index (χ1v) is 9.70. The van der Waals surface area contributed by atoms with E-state index in [1.165, 1.54) is 11.1 Å². The van der Waals surface area contributed by atoms with Gasteiger partial charge in [0.05, 0.1) is 0 Å². The van der Waals surface area contributed by atoms with E-state index in [4.69, 9.17) is 5.84 Å². The first-order chi connectivity index (χ1) is 13.7. The van der Waals surface area contributed by atoms with Crippen LogP contribution in [0.2, 0.25) is 0 Å². The minimum atomic E-state index is -0.285. The van der Waals surface area contributed by atoms with Crippen molar-refractivity contribution in [2.24, 2.45) is 5.84 Å². The molecule has 0 radical (unpaired) electrons. The number of nitrogens with one attached hydrogen (secondary N) is 1. The topological polar surface area (TPSA) is 79.4 Å². The summed E-state index contributed by atoms with van der Waals surface area (Å²) in [6, 6.07) is 11.7. The lowest BCUT2D eigenvalue weighted by atomic mass is 10.1. The number of fused-ring (bicyclic) bond motifs is 1. The molecule has 0 bridgehead atoms. The van der Waals surface area contributed by atoms with Crippen LogP contribution in [0.15, 0.2) is 48.8 Å². The Kier molecular flexibility index (Phi) is 5.27. The molecule has 3 aromatic rings. The molecule has 4 rings (SSSR count). The molecule has 3 heterocycles. The van der Waals surface area contributed by atoms with Crippen LogP contribution >= 0.6 is 0 Å². The van der Waals surface area contributed by atoms with Crippen molar-refractivity contribution in [2.75, 3.05) is 37.6 Å². The summed E-state index contributed by atoms with van der Waals surface area (Å²) in [7, 11) is 0. The van der Waals surface area contributed by atoms with E-state index in [9.17, 15) is 4.79 Å². The SMILES string of the molecule is CCN1CCN(c2ccnc3c2ccn3Cc2ccc(C(=O)NN)cc2)CC1. The van der Waals surface area contributed by atoms with Crippen LogP contribution in [0.3, 0.4) is 0 Å². The maximum absolute atomic E-state index is 11.6. The van der Waals surface area contributed by atoms with E-state index in [1.54, 1.807) is 12.1 Å². The number of nitrogen functional groups attached to an aromatic ring is 1. The highest BCUT2D eigenvalue weighted by atomic mass is 16.2. The van der Waals surface area contributed by atoms with Gasteiger partial charge in [-0.05, 0) is 36.4 Å². The highest BCUT2D eigenvalue weighted by Crippen LogP contribution is 2.27. The molecule has 1 amide bonds. The zero-order valence-corrected chi connectivity index (χ0v) is 16.1. The number of aromatic nitrogens is 2. The number of hydrazine groups is 1. The number of hydrogen-bond donors (Lipinski definition) is 2.